The second-order valence-corrected chi connectivity index (χ2v) is 5.93. The van der Waals surface area contributed by atoms with E-state index in [1.807, 2.05) is 25.1 Å². The number of hydrogen-bond donors (Lipinski definition) is 0. The van der Waals surface area contributed by atoms with Gasteiger partial charge in [0, 0.05) is 5.56 Å². The van der Waals surface area contributed by atoms with Crippen LogP contribution in [-0.4, -0.2) is 22.0 Å². The average Bonchev–Trinajstić information content (AvgIpc) is 2.93. The second kappa shape index (κ2) is 6.14. The Labute approximate surface area is 144 Å². The number of nitriles is 1. The zero-order chi connectivity index (χ0) is 17.4. The Morgan fingerprint density at radius 2 is 2.17 bits per heavy atom. The molecule has 2 aromatic heterocycles. The summed E-state index contributed by atoms with van der Waals surface area (Å²) in [7, 11) is 0. The lowest BCUT2D eigenvalue weighted by Gasteiger charge is -2.12. The fourth-order valence-electron chi connectivity index (χ4n) is 2.91. The van der Waals surface area contributed by atoms with Gasteiger partial charge in [0.15, 0.2) is 5.65 Å². The van der Waals surface area contributed by atoms with E-state index in [1.54, 1.807) is 18.2 Å². The predicted molar refractivity (Wildman–Crippen MR) is 92.2 cm³/mol. The molecule has 3 rings (SSSR count). The van der Waals surface area contributed by atoms with Crippen LogP contribution in [0.4, 0.5) is 0 Å². The van der Waals surface area contributed by atoms with Crippen LogP contribution in [0, 0.1) is 25.2 Å². The van der Waals surface area contributed by atoms with E-state index in [0.29, 0.717) is 34.1 Å². The number of carbonyl (C=O) groups excluding carboxylic acids is 1. The summed E-state index contributed by atoms with van der Waals surface area (Å²) in [6.45, 7) is 5.80. The Hall–Kier alpha value is -2.58. The SMILES string of the molecule is CCOC(=O)Cc1c(C)c(C#N)c2nc3c(C)cccc3n2c1Cl. The third kappa shape index (κ3) is 2.40. The monoisotopic (exact) mass is 341 g/mol. The number of carbonyl (C=O) groups is 1. The van der Waals surface area contributed by atoms with Crippen molar-refractivity contribution in [1.82, 2.24) is 9.38 Å². The topological polar surface area (TPSA) is 67.4 Å². The van der Waals surface area contributed by atoms with Gasteiger partial charge in [-0.1, -0.05) is 23.7 Å². The summed E-state index contributed by atoms with van der Waals surface area (Å²) in [6.07, 6.45) is 0.0224. The van der Waals surface area contributed by atoms with Crippen LogP contribution < -0.4 is 0 Å². The predicted octanol–water partition coefficient (Wildman–Crippen LogP) is 3.74. The highest BCUT2D eigenvalue weighted by atomic mass is 35.5. The maximum atomic E-state index is 11.9. The standard InChI is InChI=1S/C18H16ClN3O2/c1-4-24-15(23)8-12-11(3)13(9-20)18-21-16-10(2)6-5-7-14(16)22(18)17(12)19/h5-7H,4,8H2,1-3H3. The Morgan fingerprint density at radius 1 is 1.42 bits per heavy atom. The van der Waals surface area contributed by atoms with E-state index in [-0.39, 0.29) is 12.4 Å². The number of nitrogens with zero attached hydrogens (tertiary/aromatic N) is 3. The van der Waals surface area contributed by atoms with Crippen molar-refractivity contribution in [2.75, 3.05) is 6.61 Å². The quantitative estimate of drug-likeness (QED) is 0.537. The number of imidazole rings is 1. The van der Waals surface area contributed by atoms with Crippen LogP contribution in [0.1, 0.15) is 29.2 Å². The van der Waals surface area contributed by atoms with Gasteiger partial charge in [-0.05, 0) is 38.0 Å². The number of para-hydroxylation sites is 1. The maximum Gasteiger partial charge on any atom is 0.310 e. The largest absolute Gasteiger partial charge is 0.466 e. The second-order valence-electron chi connectivity index (χ2n) is 5.58. The van der Waals surface area contributed by atoms with E-state index < -0.39 is 0 Å². The average molecular weight is 342 g/mol. The van der Waals surface area contributed by atoms with Crippen LogP contribution in [0.2, 0.25) is 5.15 Å². The summed E-state index contributed by atoms with van der Waals surface area (Å²) in [5.74, 6) is -0.369. The Kier molecular flexibility index (Phi) is 4.16. The van der Waals surface area contributed by atoms with Crippen molar-refractivity contribution in [2.45, 2.75) is 27.2 Å². The summed E-state index contributed by atoms with van der Waals surface area (Å²) in [5, 5.41) is 9.99. The molecule has 0 amide bonds. The molecule has 0 fully saturated rings. The molecular weight excluding hydrogens is 326 g/mol. The van der Waals surface area contributed by atoms with E-state index in [2.05, 4.69) is 11.1 Å². The van der Waals surface area contributed by atoms with E-state index >= 15 is 0 Å². The van der Waals surface area contributed by atoms with E-state index in [9.17, 15) is 10.1 Å². The molecule has 1 aromatic carbocycles. The third-order valence-corrected chi connectivity index (χ3v) is 4.52. The lowest BCUT2D eigenvalue weighted by Crippen LogP contribution is -2.11. The molecule has 0 spiro atoms. The molecule has 3 aromatic rings. The summed E-state index contributed by atoms with van der Waals surface area (Å²) >= 11 is 6.60. The summed E-state index contributed by atoms with van der Waals surface area (Å²) in [6, 6.07) is 7.97. The molecule has 2 heterocycles. The first kappa shape index (κ1) is 16.3. The molecule has 0 aliphatic carbocycles. The zero-order valence-electron chi connectivity index (χ0n) is 13.7. The number of esters is 1. The lowest BCUT2D eigenvalue weighted by atomic mass is 10.0. The van der Waals surface area contributed by atoms with Crippen LogP contribution in [0.5, 0.6) is 0 Å². The van der Waals surface area contributed by atoms with Gasteiger partial charge in [-0.25, -0.2) is 4.98 Å². The molecule has 122 valence electrons. The Morgan fingerprint density at radius 3 is 2.83 bits per heavy atom. The van der Waals surface area contributed by atoms with Crippen molar-refractivity contribution in [3.05, 3.63) is 45.6 Å². The van der Waals surface area contributed by atoms with Crippen molar-refractivity contribution < 1.29 is 9.53 Å². The molecule has 0 aliphatic heterocycles. The maximum absolute atomic E-state index is 11.9. The van der Waals surface area contributed by atoms with Crippen molar-refractivity contribution in [2.24, 2.45) is 0 Å². The first-order valence-corrected chi connectivity index (χ1v) is 8.01. The molecule has 0 bridgehead atoms. The van der Waals surface area contributed by atoms with Gasteiger partial charge in [0.25, 0.3) is 0 Å². The third-order valence-electron chi connectivity index (χ3n) is 4.12. The van der Waals surface area contributed by atoms with Gasteiger partial charge in [0.2, 0.25) is 0 Å². The van der Waals surface area contributed by atoms with Gasteiger partial charge in [-0.3, -0.25) is 9.20 Å². The number of ether oxygens (including phenoxy) is 1. The van der Waals surface area contributed by atoms with Crippen LogP contribution in [0.25, 0.3) is 16.7 Å². The zero-order valence-corrected chi connectivity index (χ0v) is 14.4. The summed E-state index contributed by atoms with van der Waals surface area (Å²) in [5.41, 5.74) is 4.81. The molecule has 0 aliphatic rings. The molecular formula is C18H16ClN3O2. The fourth-order valence-corrected chi connectivity index (χ4v) is 3.29. The minimum absolute atomic E-state index is 0.0224. The van der Waals surface area contributed by atoms with Crippen LogP contribution in [0.3, 0.4) is 0 Å². The van der Waals surface area contributed by atoms with E-state index in [4.69, 9.17) is 16.3 Å². The van der Waals surface area contributed by atoms with Crippen molar-refractivity contribution in [1.29, 1.82) is 5.26 Å². The number of halogens is 1. The van der Waals surface area contributed by atoms with Crippen LogP contribution in [-0.2, 0) is 16.0 Å². The van der Waals surface area contributed by atoms with Gasteiger partial charge >= 0.3 is 5.97 Å². The highest BCUT2D eigenvalue weighted by molar-refractivity contribution is 6.31. The first-order valence-electron chi connectivity index (χ1n) is 7.64. The number of hydrogen-bond acceptors (Lipinski definition) is 4. The number of aryl methyl sites for hydroxylation is 1. The number of rotatable bonds is 3. The number of aromatic nitrogens is 2. The number of fused-ring (bicyclic) bond motifs is 3. The molecule has 0 saturated carbocycles. The van der Waals surface area contributed by atoms with Crippen LogP contribution >= 0.6 is 11.6 Å². The van der Waals surface area contributed by atoms with Crippen molar-refractivity contribution in [3.63, 3.8) is 0 Å². The minimum Gasteiger partial charge on any atom is -0.466 e. The van der Waals surface area contributed by atoms with E-state index in [1.165, 1.54) is 0 Å². The molecule has 0 saturated heterocycles. The smallest absolute Gasteiger partial charge is 0.310 e. The minimum atomic E-state index is -0.369. The number of benzene rings is 1. The molecule has 24 heavy (non-hydrogen) atoms. The number of pyridine rings is 1. The molecule has 0 N–H and O–H groups in total. The fraction of sp³-hybridized carbons (Fsp3) is 0.278. The summed E-state index contributed by atoms with van der Waals surface area (Å²) in [4.78, 5) is 16.5. The van der Waals surface area contributed by atoms with Crippen molar-refractivity contribution in [3.8, 4) is 6.07 Å². The molecule has 0 radical (unpaired) electrons. The molecule has 0 atom stereocenters. The van der Waals surface area contributed by atoms with Gasteiger partial charge in [0.05, 0.1) is 29.6 Å². The first-order chi connectivity index (χ1) is 11.5. The Balaban J connectivity index is 2.39. The van der Waals surface area contributed by atoms with E-state index in [0.717, 1.165) is 16.6 Å². The Bertz CT molecular complexity index is 1010. The van der Waals surface area contributed by atoms with Gasteiger partial charge in [0.1, 0.15) is 11.2 Å². The van der Waals surface area contributed by atoms with Crippen LogP contribution in [0.15, 0.2) is 18.2 Å². The van der Waals surface area contributed by atoms with Gasteiger partial charge in [-0.2, -0.15) is 5.26 Å². The van der Waals surface area contributed by atoms with Gasteiger partial charge in [-0.15, -0.1) is 0 Å². The highest BCUT2D eigenvalue weighted by Crippen LogP contribution is 2.31. The van der Waals surface area contributed by atoms with Crippen molar-refractivity contribution >= 4 is 34.3 Å². The molecule has 0 unspecified atom stereocenters. The highest BCUT2D eigenvalue weighted by Gasteiger charge is 2.22. The molecule has 5 nitrogen and oxygen atoms in total. The van der Waals surface area contributed by atoms with Gasteiger partial charge < -0.3 is 4.74 Å². The molecule has 6 heteroatoms. The summed E-state index contributed by atoms with van der Waals surface area (Å²) < 4.78 is 6.76. The lowest BCUT2D eigenvalue weighted by molar-refractivity contribution is -0.142. The normalized spacial score (nSPS) is 11.0.